The molecule has 0 saturated carbocycles. The zero-order chi connectivity index (χ0) is 16.7. The first-order chi connectivity index (χ1) is 11.1. The van der Waals surface area contributed by atoms with Gasteiger partial charge < -0.3 is 15.2 Å². The number of rotatable bonds is 6. The quantitative estimate of drug-likeness (QED) is 0.378. The molecule has 0 unspecified atom stereocenters. The van der Waals surface area contributed by atoms with Crippen molar-refractivity contribution in [3.8, 4) is 11.5 Å². The Kier molecular flexibility index (Phi) is 6.21. The lowest BCUT2D eigenvalue weighted by molar-refractivity contribution is -0.119. The van der Waals surface area contributed by atoms with E-state index in [1.54, 1.807) is 18.2 Å². The Labute approximate surface area is 147 Å². The molecule has 0 radical (unpaired) electrons. The summed E-state index contributed by atoms with van der Waals surface area (Å²) >= 11 is 2.21. The minimum absolute atomic E-state index is 0.0231. The number of hydrogen-bond acceptors (Lipinski definition) is 5. The largest absolute Gasteiger partial charge is 0.504 e. The van der Waals surface area contributed by atoms with Gasteiger partial charge in [0, 0.05) is 14.8 Å². The monoisotopic (exact) mass is 425 g/mol. The summed E-state index contributed by atoms with van der Waals surface area (Å²) in [5.41, 5.74) is 3.70. The number of carbonyl (C=O) groups is 1. The second-order valence-corrected chi connectivity index (χ2v) is 5.80. The fourth-order valence-electron chi connectivity index (χ4n) is 1.77. The van der Waals surface area contributed by atoms with Gasteiger partial charge in [0.1, 0.15) is 0 Å². The van der Waals surface area contributed by atoms with E-state index < -0.39 is 0 Å². The van der Waals surface area contributed by atoms with Gasteiger partial charge in [0.2, 0.25) is 0 Å². The van der Waals surface area contributed by atoms with Crippen LogP contribution in [0.1, 0.15) is 5.56 Å². The van der Waals surface area contributed by atoms with E-state index in [0.717, 1.165) is 9.26 Å². The maximum Gasteiger partial charge on any atom is 0.259 e. The van der Waals surface area contributed by atoms with Crippen LogP contribution in [0.5, 0.6) is 11.5 Å². The summed E-state index contributed by atoms with van der Waals surface area (Å²) in [5.74, 6) is 0.0350. The highest BCUT2D eigenvalue weighted by Gasteiger charge is 2.05. The molecule has 0 heterocycles. The molecule has 0 aliphatic rings. The molecule has 0 aromatic heterocycles. The number of anilines is 1. The average molecular weight is 425 g/mol. The van der Waals surface area contributed by atoms with Gasteiger partial charge in [-0.25, -0.2) is 5.43 Å². The maximum absolute atomic E-state index is 11.7. The van der Waals surface area contributed by atoms with Crippen LogP contribution in [0, 0.1) is 3.57 Å². The van der Waals surface area contributed by atoms with Gasteiger partial charge in [-0.2, -0.15) is 5.10 Å². The zero-order valence-corrected chi connectivity index (χ0v) is 14.6. The fourth-order valence-corrected chi connectivity index (χ4v) is 2.13. The van der Waals surface area contributed by atoms with Crippen molar-refractivity contribution in [1.82, 2.24) is 5.43 Å². The summed E-state index contributed by atoms with van der Waals surface area (Å²) in [4.78, 5) is 11.7. The third-order valence-electron chi connectivity index (χ3n) is 2.94. The molecule has 0 atom stereocenters. The van der Waals surface area contributed by atoms with Crippen molar-refractivity contribution in [1.29, 1.82) is 0 Å². The molecule has 23 heavy (non-hydrogen) atoms. The molecule has 2 rings (SSSR count). The van der Waals surface area contributed by atoms with E-state index in [0.29, 0.717) is 11.3 Å². The lowest BCUT2D eigenvalue weighted by atomic mass is 10.2. The lowest BCUT2D eigenvalue weighted by Gasteiger charge is -2.06. The molecule has 0 aliphatic heterocycles. The van der Waals surface area contributed by atoms with Crippen LogP contribution in [0.2, 0.25) is 0 Å². The number of aromatic hydroxyl groups is 1. The normalized spacial score (nSPS) is 10.5. The summed E-state index contributed by atoms with van der Waals surface area (Å²) < 4.78 is 6.12. The minimum Gasteiger partial charge on any atom is -0.504 e. The van der Waals surface area contributed by atoms with Crippen molar-refractivity contribution in [2.24, 2.45) is 5.10 Å². The van der Waals surface area contributed by atoms with E-state index in [1.165, 1.54) is 13.3 Å². The standard InChI is InChI=1S/C16H16IN3O3/c1-23-14-4-2-3-11(16(14)22)9-19-20-15(21)10-18-13-7-5-12(17)6-8-13/h2-9,18,22H,10H2,1H3,(H,20,21)/b19-9-. The number of ether oxygens (including phenoxy) is 1. The summed E-state index contributed by atoms with van der Waals surface area (Å²) in [5, 5.41) is 16.7. The number of carbonyl (C=O) groups excluding carboxylic acids is 1. The second-order valence-electron chi connectivity index (χ2n) is 4.55. The number of phenolic OH excluding ortho intramolecular Hbond substituents is 1. The number of halogens is 1. The molecule has 120 valence electrons. The van der Waals surface area contributed by atoms with Crippen molar-refractivity contribution >= 4 is 40.4 Å². The van der Waals surface area contributed by atoms with Crippen molar-refractivity contribution < 1.29 is 14.6 Å². The third-order valence-corrected chi connectivity index (χ3v) is 3.66. The number of hydrazone groups is 1. The first-order valence-corrected chi connectivity index (χ1v) is 7.85. The Bertz CT molecular complexity index is 702. The Morgan fingerprint density at radius 3 is 2.74 bits per heavy atom. The highest BCUT2D eigenvalue weighted by molar-refractivity contribution is 14.1. The smallest absolute Gasteiger partial charge is 0.259 e. The van der Waals surface area contributed by atoms with Crippen molar-refractivity contribution in [3.63, 3.8) is 0 Å². The van der Waals surface area contributed by atoms with Crippen LogP contribution in [0.15, 0.2) is 47.6 Å². The molecule has 7 heteroatoms. The molecular formula is C16H16IN3O3. The van der Waals surface area contributed by atoms with Gasteiger partial charge in [0.05, 0.1) is 19.9 Å². The number of amides is 1. The van der Waals surface area contributed by atoms with Crippen LogP contribution in [0.25, 0.3) is 0 Å². The minimum atomic E-state index is -0.290. The Morgan fingerprint density at radius 2 is 2.04 bits per heavy atom. The first kappa shape index (κ1) is 17.1. The molecule has 2 aromatic carbocycles. The van der Waals surface area contributed by atoms with E-state index in [2.05, 4.69) is 38.4 Å². The molecule has 0 aliphatic carbocycles. The van der Waals surface area contributed by atoms with E-state index >= 15 is 0 Å². The summed E-state index contributed by atoms with van der Waals surface area (Å²) in [7, 11) is 1.47. The van der Waals surface area contributed by atoms with Gasteiger partial charge in [-0.05, 0) is 59.0 Å². The number of benzene rings is 2. The number of nitrogens with one attached hydrogen (secondary N) is 2. The van der Waals surface area contributed by atoms with Crippen LogP contribution in [0.4, 0.5) is 5.69 Å². The summed E-state index contributed by atoms with van der Waals surface area (Å²) in [6.07, 6.45) is 1.36. The van der Waals surface area contributed by atoms with Gasteiger partial charge in [-0.1, -0.05) is 6.07 Å². The lowest BCUT2D eigenvalue weighted by Crippen LogP contribution is -2.25. The van der Waals surface area contributed by atoms with Gasteiger partial charge in [-0.3, -0.25) is 4.79 Å². The summed E-state index contributed by atoms with van der Waals surface area (Å²) in [6, 6.07) is 12.7. The van der Waals surface area contributed by atoms with Crippen molar-refractivity contribution in [2.45, 2.75) is 0 Å². The first-order valence-electron chi connectivity index (χ1n) is 6.77. The SMILES string of the molecule is COc1cccc(/C=N\NC(=O)CNc2ccc(I)cc2)c1O. The predicted octanol–water partition coefficient (Wildman–Crippen LogP) is 2.57. The molecule has 0 fully saturated rings. The Morgan fingerprint density at radius 1 is 1.30 bits per heavy atom. The highest BCUT2D eigenvalue weighted by Crippen LogP contribution is 2.27. The van der Waals surface area contributed by atoms with Crippen molar-refractivity contribution in [3.05, 3.63) is 51.6 Å². The number of nitrogens with zero attached hydrogens (tertiary/aromatic N) is 1. The van der Waals surface area contributed by atoms with Gasteiger partial charge >= 0.3 is 0 Å². The Hall–Kier alpha value is -2.29. The zero-order valence-electron chi connectivity index (χ0n) is 12.4. The summed E-state index contributed by atoms with van der Waals surface area (Å²) in [6.45, 7) is 0.0992. The molecule has 2 aromatic rings. The maximum atomic E-state index is 11.7. The highest BCUT2D eigenvalue weighted by atomic mass is 127. The molecule has 1 amide bonds. The number of methoxy groups -OCH3 is 1. The molecular weight excluding hydrogens is 409 g/mol. The topological polar surface area (TPSA) is 83.0 Å². The average Bonchev–Trinajstić information content (AvgIpc) is 2.56. The van der Waals surface area contributed by atoms with E-state index in [9.17, 15) is 9.90 Å². The van der Waals surface area contributed by atoms with Crippen LogP contribution in [-0.2, 0) is 4.79 Å². The van der Waals surface area contributed by atoms with Crippen molar-refractivity contribution in [2.75, 3.05) is 19.0 Å². The second kappa shape index (κ2) is 8.37. The third kappa shape index (κ3) is 5.13. The van der Waals surface area contributed by atoms with Gasteiger partial charge in [0.25, 0.3) is 5.91 Å². The van der Waals surface area contributed by atoms with Crippen LogP contribution in [-0.4, -0.2) is 30.9 Å². The fraction of sp³-hybridized carbons (Fsp3) is 0.125. The molecule has 3 N–H and O–H groups in total. The molecule has 0 saturated heterocycles. The van der Waals surface area contributed by atoms with Crippen LogP contribution < -0.4 is 15.5 Å². The van der Waals surface area contributed by atoms with E-state index in [-0.39, 0.29) is 18.2 Å². The molecule has 0 bridgehead atoms. The van der Waals surface area contributed by atoms with Crippen LogP contribution in [0.3, 0.4) is 0 Å². The van der Waals surface area contributed by atoms with Crippen LogP contribution >= 0.6 is 22.6 Å². The molecule has 6 nitrogen and oxygen atoms in total. The Balaban J connectivity index is 1.85. The van der Waals surface area contributed by atoms with Gasteiger partial charge in [-0.15, -0.1) is 0 Å². The number of para-hydroxylation sites is 1. The number of phenols is 1. The van der Waals surface area contributed by atoms with E-state index in [1.807, 2.05) is 24.3 Å². The number of hydrogen-bond donors (Lipinski definition) is 3. The van der Waals surface area contributed by atoms with E-state index in [4.69, 9.17) is 4.74 Å². The van der Waals surface area contributed by atoms with Gasteiger partial charge in [0.15, 0.2) is 11.5 Å². The molecule has 0 spiro atoms. The predicted molar refractivity (Wildman–Crippen MR) is 98.0 cm³/mol.